The molecule has 8 heteroatoms. The van der Waals surface area contributed by atoms with E-state index in [1.807, 2.05) is 130 Å². The van der Waals surface area contributed by atoms with Gasteiger partial charge in [0, 0.05) is 21.5 Å². The molecule has 0 atom stereocenters. The number of nitrogens with zero attached hydrogens (tertiary/aromatic N) is 5. The summed E-state index contributed by atoms with van der Waals surface area (Å²) < 4.78 is 49.1. The van der Waals surface area contributed by atoms with Gasteiger partial charge in [-0.25, -0.2) is 4.85 Å². The molecule has 0 aliphatic rings. The maximum atomic E-state index is 15.1. The van der Waals surface area contributed by atoms with E-state index in [1.165, 1.54) is 6.07 Å². The zero-order chi connectivity index (χ0) is 42.0. The Hall–Kier alpha value is -8.38. The summed E-state index contributed by atoms with van der Waals surface area (Å²) in [5.41, 5.74) is 8.41. The highest BCUT2D eigenvalue weighted by molar-refractivity contribution is 6.12. The summed E-state index contributed by atoms with van der Waals surface area (Å²) in [6, 6.07) is 54.7. The zero-order valence-electron chi connectivity index (χ0n) is 32.5. The van der Waals surface area contributed by atoms with Gasteiger partial charge in [-0.2, -0.15) is 23.7 Å². The minimum atomic E-state index is -4.67. The maximum Gasteiger partial charge on any atom is 0.417 e. The van der Waals surface area contributed by atoms with Gasteiger partial charge in [-0.1, -0.05) is 103 Å². The molecule has 0 aliphatic heterocycles. The average molecular weight is 794 g/mol. The SMILES string of the molecule is [C-]#[N+]c1cccc(-c2ccc3c4ccccc4n(-c4cc(-c5c(C)cccc5C(F)(F)F)cc(-n5c6ccccc6c6ccc(-c7cccc(C#N)c7)cc65)c4C#N)c3c2)c1. The van der Waals surface area contributed by atoms with Crippen molar-refractivity contribution in [3.63, 3.8) is 0 Å². The Morgan fingerprint density at radius 3 is 1.59 bits per heavy atom. The van der Waals surface area contributed by atoms with Gasteiger partial charge in [0.05, 0.1) is 57.2 Å². The Labute approximate surface area is 348 Å². The van der Waals surface area contributed by atoms with Crippen LogP contribution >= 0.6 is 0 Å². The molecule has 2 aromatic heterocycles. The van der Waals surface area contributed by atoms with E-state index in [1.54, 1.807) is 37.3 Å². The van der Waals surface area contributed by atoms with Crippen molar-refractivity contribution in [1.29, 1.82) is 10.5 Å². The van der Waals surface area contributed by atoms with Gasteiger partial charge >= 0.3 is 6.18 Å². The van der Waals surface area contributed by atoms with Crippen molar-refractivity contribution >= 4 is 49.3 Å². The van der Waals surface area contributed by atoms with Crippen LogP contribution in [0.15, 0.2) is 164 Å². The number of alkyl halides is 3. The average Bonchev–Trinajstić information content (AvgIpc) is 3.80. The molecule has 0 saturated carbocycles. The van der Waals surface area contributed by atoms with Gasteiger partial charge in [0.15, 0.2) is 5.69 Å². The molecule has 0 bridgehead atoms. The van der Waals surface area contributed by atoms with Crippen LogP contribution in [0.2, 0.25) is 0 Å². The van der Waals surface area contributed by atoms with E-state index < -0.39 is 11.7 Å². The van der Waals surface area contributed by atoms with Gasteiger partial charge in [-0.05, 0) is 107 Å². The molecule has 288 valence electrons. The number of aromatic nitrogens is 2. The summed E-state index contributed by atoms with van der Waals surface area (Å²) >= 11 is 0. The Bertz CT molecular complexity index is 3390. The molecule has 0 N–H and O–H groups in total. The van der Waals surface area contributed by atoms with Crippen LogP contribution in [0.3, 0.4) is 0 Å². The van der Waals surface area contributed by atoms with Crippen molar-refractivity contribution in [3.05, 3.63) is 197 Å². The third-order valence-corrected chi connectivity index (χ3v) is 11.5. The highest BCUT2D eigenvalue weighted by atomic mass is 19.4. The summed E-state index contributed by atoms with van der Waals surface area (Å²) in [5.74, 6) is 0. The molecule has 2 heterocycles. The van der Waals surface area contributed by atoms with E-state index in [9.17, 15) is 10.5 Å². The standard InChI is InChI=1S/C53H30F3N5/c1-32-10-7-17-45(53(54,55)56)52(32)38-28-50(60-46-18-5-3-15-40(46)42-22-20-36(26-48(42)60)34-12-8-11-33(24-34)30-57)44(31-58)51(29-38)61-47-19-6-4-16-41(47)43-23-21-37(27-49(43)61)35-13-9-14-39(25-35)59-2/h3-29H,1H3. The number of halogens is 3. The van der Waals surface area contributed by atoms with Crippen molar-refractivity contribution in [2.45, 2.75) is 13.1 Å². The highest BCUT2D eigenvalue weighted by Crippen LogP contribution is 2.45. The third kappa shape index (κ3) is 5.99. The van der Waals surface area contributed by atoms with Gasteiger partial charge in [0.25, 0.3) is 0 Å². The number of para-hydroxylation sites is 2. The lowest BCUT2D eigenvalue weighted by atomic mass is 9.92. The van der Waals surface area contributed by atoms with E-state index in [0.717, 1.165) is 71.9 Å². The molecule has 0 fully saturated rings. The molecule has 5 nitrogen and oxygen atoms in total. The van der Waals surface area contributed by atoms with Gasteiger partial charge in [-0.15, -0.1) is 0 Å². The summed E-state index contributed by atoms with van der Waals surface area (Å²) in [7, 11) is 0. The first-order valence-electron chi connectivity index (χ1n) is 19.5. The first-order chi connectivity index (χ1) is 29.7. The molecule has 0 spiro atoms. The minimum Gasteiger partial charge on any atom is -0.308 e. The Morgan fingerprint density at radius 2 is 1.03 bits per heavy atom. The first-order valence-corrected chi connectivity index (χ1v) is 19.5. The van der Waals surface area contributed by atoms with E-state index in [4.69, 9.17) is 6.57 Å². The molecule has 0 saturated heterocycles. The van der Waals surface area contributed by atoms with E-state index in [-0.39, 0.29) is 11.1 Å². The van der Waals surface area contributed by atoms with E-state index in [2.05, 4.69) is 17.0 Å². The molecule has 0 amide bonds. The molecule has 61 heavy (non-hydrogen) atoms. The first kappa shape index (κ1) is 36.9. The second kappa shape index (κ2) is 14.2. The van der Waals surface area contributed by atoms with Crippen LogP contribution in [0.5, 0.6) is 0 Å². The molecule has 0 aliphatic carbocycles. The van der Waals surface area contributed by atoms with Crippen molar-refractivity contribution < 1.29 is 13.2 Å². The maximum absolute atomic E-state index is 15.1. The second-order valence-corrected chi connectivity index (χ2v) is 15.0. The summed E-state index contributed by atoms with van der Waals surface area (Å²) in [4.78, 5) is 3.63. The van der Waals surface area contributed by atoms with Crippen molar-refractivity contribution in [1.82, 2.24) is 9.13 Å². The number of aryl methyl sites for hydroxylation is 1. The largest absolute Gasteiger partial charge is 0.417 e. The molecular formula is C53H30F3N5. The van der Waals surface area contributed by atoms with Gasteiger partial charge in [-0.3, -0.25) is 0 Å². The van der Waals surface area contributed by atoms with Crippen molar-refractivity contribution in [2.24, 2.45) is 0 Å². The van der Waals surface area contributed by atoms with Gasteiger partial charge in [0.1, 0.15) is 11.6 Å². The van der Waals surface area contributed by atoms with Crippen LogP contribution in [-0.2, 0) is 6.18 Å². The van der Waals surface area contributed by atoms with E-state index in [0.29, 0.717) is 33.8 Å². The second-order valence-electron chi connectivity index (χ2n) is 15.0. The summed E-state index contributed by atoms with van der Waals surface area (Å²) in [5, 5.41) is 24.7. The number of rotatable bonds is 5. The Morgan fingerprint density at radius 1 is 0.508 bits per heavy atom. The Kier molecular flexibility index (Phi) is 8.58. The molecule has 0 radical (unpaired) electrons. The van der Waals surface area contributed by atoms with Crippen molar-refractivity contribution in [3.8, 4) is 56.9 Å². The van der Waals surface area contributed by atoms with Gasteiger partial charge < -0.3 is 9.13 Å². The topological polar surface area (TPSA) is 61.8 Å². The minimum absolute atomic E-state index is 0.0224. The monoisotopic (exact) mass is 793 g/mol. The van der Waals surface area contributed by atoms with Gasteiger partial charge in [0.2, 0.25) is 0 Å². The lowest BCUT2D eigenvalue weighted by Gasteiger charge is -2.21. The van der Waals surface area contributed by atoms with Crippen LogP contribution in [0.1, 0.15) is 22.3 Å². The number of fused-ring (bicyclic) bond motifs is 6. The number of hydrogen-bond donors (Lipinski definition) is 0. The summed E-state index contributed by atoms with van der Waals surface area (Å²) in [6.07, 6.45) is -4.67. The van der Waals surface area contributed by atoms with Crippen molar-refractivity contribution in [2.75, 3.05) is 0 Å². The highest BCUT2D eigenvalue weighted by Gasteiger charge is 2.35. The number of benzene rings is 8. The fourth-order valence-electron chi connectivity index (χ4n) is 8.85. The number of nitriles is 2. The van der Waals surface area contributed by atoms with Crippen LogP contribution in [0.4, 0.5) is 18.9 Å². The number of hydrogen-bond acceptors (Lipinski definition) is 2. The molecule has 8 aromatic carbocycles. The fourth-order valence-corrected chi connectivity index (χ4v) is 8.85. The lowest BCUT2D eigenvalue weighted by Crippen LogP contribution is -2.10. The predicted octanol–water partition coefficient (Wildman–Crippen LogP) is 14.5. The van der Waals surface area contributed by atoms with Crippen LogP contribution in [0, 0.1) is 36.2 Å². The van der Waals surface area contributed by atoms with Crippen LogP contribution < -0.4 is 0 Å². The summed E-state index contributed by atoms with van der Waals surface area (Å²) in [6.45, 7) is 9.29. The smallest absolute Gasteiger partial charge is 0.308 e. The van der Waals surface area contributed by atoms with Crippen LogP contribution in [0.25, 0.3) is 93.2 Å². The Balaban J connectivity index is 1.36. The molecule has 0 unspecified atom stereocenters. The zero-order valence-corrected chi connectivity index (χ0v) is 32.5. The predicted molar refractivity (Wildman–Crippen MR) is 237 cm³/mol. The molecular weight excluding hydrogens is 764 g/mol. The third-order valence-electron chi connectivity index (χ3n) is 11.5. The quantitative estimate of drug-likeness (QED) is 0.163. The van der Waals surface area contributed by atoms with Crippen LogP contribution in [-0.4, -0.2) is 9.13 Å². The normalized spacial score (nSPS) is 11.6. The molecule has 10 aromatic rings. The lowest BCUT2D eigenvalue weighted by molar-refractivity contribution is -0.137. The van der Waals surface area contributed by atoms with E-state index >= 15 is 13.2 Å². The fraction of sp³-hybridized carbons (Fsp3) is 0.0377. The molecule has 10 rings (SSSR count).